The molecule has 0 nitrogen and oxygen atoms in total. The third kappa shape index (κ3) is 46.0. The molecule has 0 heteroatoms. The van der Waals surface area contributed by atoms with E-state index in [4.69, 9.17) is 0 Å². The lowest BCUT2D eigenvalue weighted by Gasteiger charge is -2.32. The minimum absolute atomic E-state index is 0.0797. The summed E-state index contributed by atoms with van der Waals surface area (Å²) in [6.07, 6.45) is 94.6. The van der Waals surface area contributed by atoms with Gasteiger partial charge in [0.1, 0.15) is 0 Å². The number of hydrogen-bond acceptors (Lipinski definition) is 0. The maximum atomic E-state index is 2.76. The van der Waals surface area contributed by atoms with E-state index in [1.807, 2.05) is 0 Å². The molecule has 0 aliphatic carbocycles. The average molecular weight is 958 g/mol. The Hall–Kier alpha value is -1.56. The third-order valence-corrected chi connectivity index (χ3v) is 15.1. The van der Waals surface area contributed by atoms with Gasteiger partial charge in [-0.25, -0.2) is 0 Å². The summed E-state index contributed by atoms with van der Waals surface area (Å²) in [5.41, 5.74) is 3.00. The molecule has 0 saturated carbocycles. The van der Waals surface area contributed by atoms with Crippen LogP contribution in [0.15, 0.2) is 71.9 Å². The molecule has 0 aliphatic rings. The van der Waals surface area contributed by atoms with E-state index in [0.29, 0.717) is 0 Å². The molecule has 0 saturated heterocycles. The lowest BCUT2D eigenvalue weighted by atomic mass is 9.72. The molecule has 0 aromatic heterocycles. The van der Waals surface area contributed by atoms with Crippen LogP contribution in [0.5, 0.6) is 0 Å². The number of unbranched alkanes of at least 4 members (excludes halogenated alkanes) is 43. The van der Waals surface area contributed by atoms with Crippen LogP contribution in [-0.2, 0) is 0 Å². The van der Waals surface area contributed by atoms with Crippen molar-refractivity contribution in [2.75, 3.05) is 0 Å². The van der Waals surface area contributed by atoms with Crippen molar-refractivity contribution in [3.63, 3.8) is 0 Å². The van der Waals surface area contributed by atoms with Crippen molar-refractivity contribution in [2.45, 2.75) is 363 Å². The van der Waals surface area contributed by atoms with Crippen molar-refractivity contribution < 1.29 is 0 Å². The van der Waals surface area contributed by atoms with Crippen LogP contribution in [0.1, 0.15) is 363 Å². The summed E-state index contributed by atoms with van der Waals surface area (Å²) in [5, 5.41) is 0. The summed E-state index contributed by atoms with van der Waals surface area (Å²) in [4.78, 5) is 0. The quantitative estimate of drug-likeness (QED) is 0.0324. The van der Waals surface area contributed by atoms with Crippen LogP contribution in [0.25, 0.3) is 0 Å². The molecule has 69 heavy (non-hydrogen) atoms. The monoisotopic (exact) mass is 957 g/mol. The number of hydrogen-bond donors (Lipinski definition) is 0. The Bertz CT molecular complexity index is 1170. The Morgan fingerprint density at radius 2 is 0.449 bits per heavy atom. The fourth-order valence-corrected chi connectivity index (χ4v) is 10.3. The van der Waals surface area contributed by atoms with Crippen LogP contribution in [0, 0.1) is 5.41 Å². The molecule has 0 fully saturated rings. The van der Waals surface area contributed by atoms with Crippen LogP contribution >= 0.6 is 0 Å². The molecule has 0 aromatic rings. The molecular formula is C69H128. The molecule has 1 unspecified atom stereocenters. The molecule has 0 radical (unpaired) electrons. The first-order chi connectivity index (χ1) is 34.2. The molecule has 0 spiro atoms. The van der Waals surface area contributed by atoms with Gasteiger partial charge in [-0.2, -0.15) is 0 Å². The zero-order valence-electron chi connectivity index (χ0n) is 48.6. The average Bonchev–Trinajstić information content (AvgIpc) is 3.36. The van der Waals surface area contributed by atoms with Gasteiger partial charge in [0.25, 0.3) is 0 Å². The van der Waals surface area contributed by atoms with Gasteiger partial charge in [-0.1, -0.05) is 353 Å². The van der Waals surface area contributed by atoms with Gasteiger partial charge in [-0.15, -0.1) is 0 Å². The molecule has 404 valence electrons. The van der Waals surface area contributed by atoms with Gasteiger partial charge in [-0.05, 0) is 81.8 Å². The topological polar surface area (TPSA) is 0 Å². The highest BCUT2D eigenvalue weighted by Gasteiger charge is 2.29. The van der Waals surface area contributed by atoms with Gasteiger partial charge in [0, 0.05) is 5.41 Å². The lowest BCUT2D eigenvalue weighted by Crippen LogP contribution is -2.19. The molecular weight excluding hydrogens is 829 g/mol. The Kier molecular flexibility index (Phi) is 56.0. The summed E-state index contributed by atoms with van der Waals surface area (Å²) < 4.78 is 0. The minimum Gasteiger partial charge on any atom is -0.0873 e. The summed E-state index contributed by atoms with van der Waals surface area (Å²) >= 11 is 0. The first kappa shape index (κ1) is 67.4. The van der Waals surface area contributed by atoms with E-state index < -0.39 is 0 Å². The van der Waals surface area contributed by atoms with Gasteiger partial charge in [0.15, 0.2) is 0 Å². The maximum absolute atomic E-state index is 2.76. The molecule has 0 bridgehead atoms. The van der Waals surface area contributed by atoms with Crippen molar-refractivity contribution in [1.82, 2.24) is 0 Å². The highest BCUT2D eigenvalue weighted by atomic mass is 14.3. The third-order valence-electron chi connectivity index (χ3n) is 15.1. The van der Waals surface area contributed by atoms with Gasteiger partial charge < -0.3 is 0 Å². The zero-order valence-corrected chi connectivity index (χ0v) is 48.6. The molecule has 0 aromatic carbocycles. The van der Waals surface area contributed by atoms with Crippen LogP contribution in [0.2, 0.25) is 0 Å². The summed E-state index contributed by atoms with van der Waals surface area (Å²) in [6.45, 7) is 14.0. The largest absolute Gasteiger partial charge is 0.0873 e. The fraction of sp³-hybridized carbons (Fsp3) is 0.826. The van der Waals surface area contributed by atoms with Crippen LogP contribution in [0.3, 0.4) is 0 Å². The Labute approximate surface area is 437 Å². The van der Waals surface area contributed by atoms with E-state index >= 15 is 0 Å². The van der Waals surface area contributed by atoms with E-state index in [9.17, 15) is 0 Å². The SMILES string of the molecule is CCCCCCCC=CC(C=CCCCCCCCC)(CCCCCCCCCCC)C(C=CCCCCCCCCC)=C(C=CCCCCCCCCCC)C=CCCCCCCCCCCC. The van der Waals surface area contributed by atoms with Gasteiger partial charge in [0.2, 0.25) is 0 Å². The van der Waals surface area contributed by atoms with E-state index in [-0.39, 0.29) is 5.41 Å². The van der Waals surface area contributed by atoms with Crippen LogP contribution in [-0.4, -0.2) is 0 Å². The van der Waals surface area contributed by atoms with Gasteiger partial charge in [-0.3, -0.25) is 0 Å². The van der Waals surface area contributed by atoms with Crippen molar-refractivity contribution in [2.24, 2.45) is 5.41 Å². The standard InChI is InChI=1S/C69H128/c1-7-13-19-25-31-36-38-41-44-50-56-62-67(61-55-49-43-40-37-32-26-20-14-8-2)68(63-57-51-45-39-33-27-21-15-9-3)69(64-58-52-46-30-24-18-12-6,65-59-53-47-35-29-23-17-11-5)66-60-54-48-42-34-28-22-16-10-4/h55-59,61-65H,7-54,60,66H2,1-6H3. The lowest BCUT2D eigenvalue weighted by molar-refractivity contribution is 0.477. The second kappa shape index (κ2) is 57.3. The van der Waals surface area contributed by atoms with E-state index in [1.165, 1.54) is 327 Å². The van der Waals surface area contributed by atoms with E-state index in [2.05, 4.69) is 102 Å². The molecule has 0 rings (SSSR count). The summed E-state index contributed by atoms with van der Waals surface area (Å²) in [5.74, 6) is 0. The predicted octanol–water partition coefficient (Wildman–Crippen LogP) is 25.7. The Balaban J connectivity index is 7.14. The second-order valence-electron chi connectivity index (χ2n) is 22.0. The fourth-order valence-electron chi connectivity index (χ4n) is 10.3. The summed E-state index contributed by atoms with van der Waals surface area (Å²) in [7, 11) is 0. The second-order valence-corrected chi connectivity index (χ2v) is 22.0. The molecule has 0 amide bonds. The maximum Gasteiger partial charge on any atom is 0.0317 e. The zero-order chi connectivity index (χ0) is 50.1. The number of rotatable bonds is 56. The van der Waals surface area contributed by atoms with Crippen molar-refractivity contribution in [1.29, 1.82) is 0 Å². The molecule has 0 heterocycles. The van der Waals surface area contributed by atoms with Crippen molar-refractivity contribution in [3.8, 4) is 0 Å². The first-order valence-electron chi connectivity index (χ1n) is 32.2. The van der Waals surface area contributed by atoms with Crippen molar-refractivity contribution in [3.05, 3.63) is 71.9 Å². The molecule has 1 atom stereocenters. The summed E-state index contributed by atoms with van der Waals surface area (Å²) in [6, 6.07) is 0. The van der Waals surface area contributed by atoms with E-state index in [0.717, 1.165) is 0 Å². The minimum atomic E-state index is -0.0797. The van der Waals surface area contributed by atoms with Crippen LogP contribution in [0.4, 0.5) is 0 Å². The van der Waals surface area contributed by atoms with Crippen LogP contribution < -0.4 is 0 Å². The highest BCUT2D eigenvalue weighted by Crippen LogP contribution is 2.42. The van der Waals surface area contributed by atoms with Gasteiger partial charge >= 0.3 is 0 Å². The molecule has 0 aliphatic heterocycles. The first-order valence-corrected chi connectivity index (χ1v) is 32.2. The smallest absolute Gasteiger partial charge is 0.0317 e. The highest BCUT2D eigenvalue weighted by molar-refractivity contribution is 5.49. The number of allylic oxidation sites excluding steroid dienone is 12. The normalized spacial score (nSPS) is 13.7. The van der Waals surface area contributed by atoms with Gasteiger partial charge in [0.05, 0.1) is 0 Å². The Morgan fingerprint density at radius 1 is 0.232 bits per heavy atom. The predicted molar refractivity (Wildman–Crippen MR) is 320 cm³/mol. The van der Waals surface area contributed by atoms with Crippen molar-refractivity contribution >= 4 is 0 Å². The Morgan fingerprint density at radius 3 is 0.725 bits per heavy atom. The molecule has 0 N–H and O–H groups in total. The van der Waals surface area contributed by atoms with E-state index in [1.54, 1.807) is 5.57 Å².